The maximum atomic E-state index is 13.6. The number of ether oxygens (including phenoxy) is 1. The molecular weight excluding hydrogens is 438 g/mol. The van der Waals surface area contributed by atoms with Gasteiger partial charge in [0.2, 0.25) is 0 Å². The SMILES string of the molecule is COC(=O)C1CN(C(=O)c2cncc3ccccc23)CCN1C(c1ccccc1)c1ccccc1. The minimum absolute atomic E-state index is 0.126. The Kier molecular flexibility index (Phi) is 6.55. The van der Waals surface area contributed by atoms with Gasteiger partial charge in [-0.25, -0.2) is 0 Å². The molecule has 1 fully saturated rings. The molecule has 1 unspecified atom stereocenters. The van der Waals surface area contributed by atoms with Crippen LogP contribution in [0.2, 0.25) is 0 Å². The van der Waals surface area contributed by atoms with Gasteiger partial charge in [-0.15, -0.1) is 0 Å². The van der Waals surface area contributed by atoms with E-state index in [0.717, 1.165) is 21.9 Å². The van der Waals surface area contributed by atoms with E-state index in [1.165, 1.54) is 7.11 Å². The third kappa shape index (κ3) is 4.53. The largest absolute Gasteiger partial charge is 0.468 e. The first-order valence-electron chi connectivity index (χ1n) is 11.7. The van der Waals surface area contributed by atoms with Gasteiger partial charge in [-0.1, -0.05) is 84.9 Å². The monoisotopic (exact) mass is 465 g/mol. The van der Waals surface area contributed by atoms with Crippen LogP contribution in [-0.2, 0) is 9.53 Å². The number of carbonyl (C=O) groups excluding carboxylic acids is 2. The van der Waals surface area contributed by atoms with Crippen molar-refractivity contribution in [2.24, 2.45) is 0 Å². The van der Waals surface area contributed by atoms with Crippen LogP contribution in [0.5, 0.6) is 0 Å². The molecule has 35 heavy (non-hydrogen) atoms. The number of piperazine rings is 1. The molecule has 0 N–H and O–H groups in total. The van der Waals surface area contributed by atoms with E-state index in [0.29, 0.717) is 18.7 Å². The molecule has 0 saturated carbocycles. The number of amides is 1. The summed E-state index contributed by atoms with van der Waals surface area (Å²) in [4.78, 5) is 34.8. The molecule has 4 aromatic rings. The highest BCUT2D eigenvalue weighted by atomic mass is 16.5. The van der Waals surface area contributed by atoms with Gasteiger partial charge < -0.3 is 9.64 Å². The van der Waals surface area contributed by atoms with Crippen LogP contribution in [0.4, 0.5) is 0 Å². The number of carbonyl (C=O) groups is 2. The molecule has 2 heterocycles. The Morgan fingerprint density at radius 1 is 0.857 bits per heavy atom. The molecule has 6 heteroatoms. The van der Waals surface area contributed by atoms with Crippen LogP contribution >= 0.6 is 0 Å². The highest BCUT2D eigenvalue weighted by molar-refractivity contribution is 6.06. The first-order chi connectivity index (χ1) is 17.2. The van der Waals surface area contributed by atoms with Crippen molar-refractivity contribution >= 4 is 22.6 Å². The molecule has 1 aliphatic heterocycles. The van der Waals surface area contributed by atoms with Gasteiger partial charge >= 0.3 is 5.97 Å². The minimum Gasteiger partial charge on any atom is -0.468 e. The first kappa shape index (κ1) is 22.7. The predicted octanol–water partition coefficient (Wildman–Crippen LogP) is 4.32. The summed E-state index contributed by atoms with van der Waals surface area (Å²) in [6.45, 7) is 1.26. The molecule has 1 aliphatic rings. The van der Waals surface area contributed by atoms with Gasteiger partial charge in [-0.3, -0.25) is 19.5 Å². The van der Waals surface area contributed by atoms with E-state index in [4.69, 9.17) is 4.74 Å². The van der Waals surface area contributed by atoms with E-state index in [2.05, 4.69) is 34.1 Å². The summed E-state index contributed by atoms with van der Waals surface area (Å²) in [6, 6.07) is 27.3. The van der Waals surface area contributed by atoms with Gasteiger partial charge in [-0.2, -0.15) is 0 Å². The maximum Gasteiger partial charge on any atom is 0.324 e. The second kappa shape index (κ2) is 10.1. The summed E-state index contributed by atoms with van der Waals surface area (Å²) in [5.41, 5.74) is 2.72. The quantitative estimate of drug-likeness (QED) is 0.411. The maximum absolute atomic E-state index is 13.6. The third-order valence-electron chi connectivity index (χ3n) is 6.64. The molecule has 176 valence electrons. The standard InChI is InChI=1S/C29H27N3O3/c1-35-29(34)26-20-31(28(33)25-19-30-18-23-14-8-9-15-24(23)25)16-17-32(26)27(21-10-4-2-5-11-21)22-12-6-3-7-13-22/h2-15,18-19,26-27H,16-17,20H2,1H3. The highest BCUT2D eigenvalue weighted by Gasteiger charge is 2.40. The fraction of sp³-hybridized carbons (Fsp3) is 0.207. The van der Waals surface area contributed by atoms with Crippen molar-refractivity contribution in [2.45, 2.75) is 12.1 Å². The number of fused-ring (bicyclic) bond motifs is 1. The lowest BCUT2D eigenvalue weighted by Gasteiger charge is -2.44. The number of benzene rings is 3. The molecule has 5 rings (SSSR count). The molecular formula is C29H27N3O3. The fourth-order valence-electron chi connectivity index (χ4n) is 4.94. The van der Waals surface area contributed by atoms with Crippen molar-refractivity contribution < 1.29 is 14.3 Å². The smallest absolute Gasteiger partial charge is 0.324 e. The van der Waals surface area contributed by atoms with Gasteiger partial charge in [0.1, 0.15) is 6.04 Å². The Balaban J connectivity index is 1.49. The Morgan fingerprint density at radius 2 is 1.49 bits per heavy atom. The van der Waals surface area contributed by atoms with E-state index in [9.17, 15) is 9.59 Å². The molecule has 0 radical (unpaired) electrons. The van der Waals surface area contributed by atoms with Crippen molar-refractivity contribution in [3.8, 4) is 0 Å². The van der Waals surface area contributed by atoms with Crippen LogP contribution in [0.25, 0.3) is 10.8 Å². The number of aromatic nitrogens is 1. The number of pyridine rings is 1. The predicted molar refractivity (Wildman–Crippen MR) is 135 cm³/mol. The molecule has 1 atom stereocenters. The summed E-state index contributed by atoms with van der Waals surface area (Å²) >= 11 is 0. The number of nitrogens with zero attached hydrogens (tertiary/aromatic N) is 3. The molecule has 3 aromatic carbocycles. The van der Waals surface area contributed by atoms with Crippen LogP contribution in [0.1, 0.15) is 27.5 Å². The lowest BCUT2D eigenvalue weighted by Crippen LogP contribution is -2.59. The number of hydrogen-bond donors (Lipinski definition) is 0. The first-order valence-corrected chi connectivity index (χ1v) is 11.7. The average Bonchev–Trinajstić information content (AvgIpc) is 2.93. The van der Waals surface area contributed by atoms with Gasteiger partial charge in [0, 0.05) is 37.4 Å². The number of rotatable bonds is 5. The van der Waals surface area contributed by atoms with Crippen molar-refractivity contribution in [2.75, 3.05) is 26.7 Å². The summed E-state index contributed by atoms with van der Waals surface area (Å²) in [6.07, 6.45) is 3.37. The normalized spacial score (nSPS) is 16.4. The zero-order valence-electron chi connectivity index (χ0n) is 19.6. The average molecular weight is 466 g/mol. The van der Waals surface area contributed by atoms with Gasteiger partial charge in [-0.05, 0) is 16.5 Å². The molecule has 0 bridgehead atoms. The van der Waals surface area contributed by atoms with Crippen molar-refractivity contribution in [3.63, 3.8) is 0 Å². The molecule has 1 amide bonds. The van der Waals surface area contributed by atoms with E-state index in [1.807, 2.05) is 60.7 Å². The summed E-state index contributed by atoms with van der Waals surface area (Å²) in [7, 11) is 1.40. The zero-order chi connectivity index (χ0) is 24.2. The number of hydrogen-bond acceptors (Lipinski definition) is 5. The van der Waals surface area contributed by atoms with Crippen LogP contribution in [0.15, 0.2) is 97.3 Å². The van der Waals surface area contributed by atoms with Gasteiger partial charge in [0.25, 0.3) is 5.91 Å². The van der Waals surface area contributed by atoms with Crippen LogP contribution < -0.4 is 0 Å². The second-order valence-electron chi connectivity index (χ2n) is 8.66. The van der Waals surface area contributed by atoms with Crippen LogP contribution in [-0.4, -0.2) is 59.4 Å². The van der Waals surface area contributed by atoms with Crippen molar-refractivity contribution in [3.05, 3.63) is 114 Å². The lowest BCUT2D eigenvalue weighted by atomic mass is 9.94. The lowest BCUT2D eigenvalue weighted by molar-refractivity contribution is -0.150. The van der Waals surface area contributed by atoms with E-state index in [-0.39, 0.29) is 24.5 Å². The molecule has 1 saturated heterocycles. The van der Waals surface area contributed by atoms with E-state index >= 15 is 0 Å². The van der Waals surface area contributed by atoms with E-state index < -0.39 is 6.04 Å². The van der Waals surface area contributed by atoms with Crippen LogP contribution in [0.3, 0.4) is 0 Å². The number of esters is 1. The Bertz CT molecular complexity index is 1280. The highest BCUT2D eigenvalue weighted by Crippen LogP contribution is 2.33. The van der Waals surface area contributed by atoms with Crippen LogP contribution in [0, 0.1) is 0 Å². The molecule has 1 aromatic heterocycles. The fourth-order valence-corrected chi connectivity index (χ4v) is 4.94. The third-order valence-corrected chi connectivity index (χ3v) is 6.64. The molecule has 0 spiro atoms. The second-order valence-corrected chi connectivity index (χ2v) is 8.66. The Hall–Kier alpha value is -4.03. The minimum atomic E-state index is -0.606. The zero-order valence-corrected chi connectivity index (χ0v) is 19.6. The summed E-state index contributed by atoms with van der Waals surface area (Å²) in [5.74, 6) is -0.478. The molecule has 6 nitrogen and oxygen atoms in total. The summed E-state index contributed by atoms with van der Waals surface area (Å²) in [5, 5.41) is 1.77. The van der Waals surface area contributed by atoms with Crippen molar-refractivity contribution in [1.29, 1.82) is 0 Å². The Labute approximate surface area is 204 Å². The van der Waals surface area contributed by atoms with Gasteiger partial charge in [0.15, 0.2) is 0 Å². The summed E-state index contributed by atoms with van der Waals surface area (Å²) < 4.78 is 5.21. The topological polar surface area (TPSA) is 62.7 Å². The van der Waals surface area contributed by atoms with Crippen molar-refractivity contribution in [1.82, 2.24) is 14.8 Å². The van der Waals surface area contributed by atoms with E-state index in [1.54, 1.807) is 17.3 Å². The Morgan fingerprint density at radius 3 is 2.14 bits per heavy atom. The van der Waals surface area contributed by atoms with Gasteiger partial charge in [0.05, 0.1) is 18.7 Å². The molecule has 0 aliphatic carbocycles. The number of methoxy groups -OCH3 is 1.